The number of hydrogen-bond donors (Lipinski definition) is 0. The van der Waals surface area contributed by atoms with Crippen LogP contribution in [0.5, 0.6) is 0 Å². The SMILES string of the molecule is C=C(C)C(P)C(C)C(C)CC.CC. The molecule has 0 radical (unpaired) electrons. The summed E-state index contributed by atoms with van der Waals surface area (Å²) >= 11 is 0. The molecule has 0 heterocycles. The third kappa shape index (κ3) is 6.27. The summed E-state index contributed by atoms with van der Waals surface area (Å²) in [7, 11) is 2.89. The summed E-state index contributed by atoms with van der Waals surface area (Å²) in [5.74, 6) is 1.54. The van der Waals surface area contributed by atoms with E-state index < -0.39 is 0 Å². The fourth-order valence-corrected chi connectivity index (χ4v) is 1.55. The second kappa shape index (κ2) is 8.75. The summed E-state index contributed by atoms with van der Waals surface area (Å²) in [6, 6.07) is 0. The minimum atomic E-state index is 0.588. The van der Waals surface area contributed by atoms with E-state index in [0.29, 0.717) is 5.66 Å². The van der Waals surface area contributed by atoms with Crippen LogP contribution in [0, 0.1) is 11.8 Å². The van der Waals surface area contributed by atoms with Crippen molar-refractivity contribution in [1.82, 2.24) is 0 Å². The molecule has 1 heteroatoms. The van der Waals surface area contributed by atoms with Gasteiger partial charge >= 0.3 is 0 Å². The summed E-state index contributed by atoms with van der Waals surface area (Å²) < 4.78 is 0. The summed E-state index contributed by atoms with van der Waals surface area (Å²) in [6.45, 7) is 16.9. The van der Waals surface area contributed by atoms with E-state index in [1.54, 1.807) is 0 Å². The largest absolute Gasteiger partial charge is 0.130 e. The van der Waals surface area contributed by atoms with Crippen molar-refractivity contribution in [2.75, 3.05) is 0 Å². The lowest BCUT2D eigenvalue weighted by Gasteiger charge is -2.25. The molecule has 0 aromatic heterocycles. The van der Waals surface area contributed by atoms with Gasteiger partial charge < -0.3 is 0 Å². The Kier molecular flexibility index (Phi) is 10.5. The van der Waals surface area contributed by atoms with E-state index in [9.17, 15) is 0 Å². The van der Waals surface area contributed by atoms with E-state index in [4.69, 9.17) is 0 Å². The third-order valence-corrected chi connectivity index (χ3v) is 3.85. The van der Waals surface area contributed by atoms with E-state index in [-0.39, 0.29) is 0 Å². The molecule has 0 amide bonds. The van der Waals surface area contributed by atoms with Crippen molar-refractivity contribution >= 4 is 9.24 Å². The van der Waals surface area contributed by atoms with Crippen LogP contribution in [0.2, 0.25) is 0 Å². The van der Waals surface area contributed by atoms with Gasteiger partial charge in [-0.05, 0) is 24.4 Å². The molecule has 4 unspecified atom stereocenters. The molecule has 0 fully saturated rings. The van der Waals surface area contributed by atoms with Crippen molar-refractivity contribution in [2.45, 2.75) is 53.6 Å². The quantitative estimate of drug-likeness (QED) is 0.464. The Balaban J connectivity index is 0. The van der Waals surface area contributed by atoms with Crippen LogP contribution < -0.4 is 0 Å². The Hall–Kier alpha value is 0.170. The van der Waals surface area contributed by atoms with Crippen LogP contribution in [0.15, 0.2) is 12.2 Å². The second-order valence-electron chi connectivity index (χ2n) is 3.62. The number of rotatable bonds is 4. The van der Waals surface area contributed by atoms with E-state index in [0.717, 1.165) is 11.8 Å². The summed E-state index contributed by atoms with van der Waals surface area (Å²) in [5, 5.41) is 0. The highest BCUT2D eigenvalue weighted by atomic mass is 31.0. The van der Waals surface area contributed by atoms with Gasteiger partial charge in [-0.1, -0.05) is 53.2 Å². The van der Waals surface area contributed by atoms with Gasteiger partial charge in [-0.3, -0.25) is 0 Å². The van der Waals surface area contributed by atoms with E-state index in [1.165, 1.54) is 12.0 Å². The van der Waals surface area contributed by atoms with Crippen molar-refractivity contribution in [3.05, 3.63) is 12.2 Å². The van der Waals surface area contributed by atoms with Crippen LogP contribution in [-0.4, -0.2) is 5.66 Å². The molecule has 0 spiro atoms. The van der Waals surface area contributed by atoms with Crippen molar-refractivity contribution in [1.29, 1.82) is 0 Å². The van der Waals surface area contributed by atoms with Crippen LogP contribution >= 0.6 is 9.24 Å². The average Bonchev–Trinajstić information content (AvgIpc) is 2.17. The van der Waals surface area contributed by atoms with Gasteiger partial charge in [0.15, 0.2) is 0 Å². The molecule has 0 bridgehead atoms. The van der Waals surface area contributed by atoms with Crippen molar-refractivity contribution < 1.29 is 0 Å². The molecule has 0 saturated carbocycles. The van der Waals surface area contributed by atoms with Gasteiger partial charge in [0, 0.05) is 0 Å². The first-order valence-electron chi connectivity index (χ1n) is 5.41. The molecule has 0 saturated heterocycles. The first kappa shape index (κ1) is 15.6. The number of allylic oxidation sites excluding steroid dienone is 1. The normalized spacial score (nSPS) is 16.5. The highest BCUT2D eigenvalue weighted by molar-refractivity contribution is 7.18. The van der Waals surface area contributed by atoms with Crippen LogP contribution in [0.4, 0.5) is 0 Å². The van der Waals surface area contributed by atoms with Crippen LogP contribution in [0.25, 0.3) is 0 Å². The minimum Gasteiger partial charge on any atom is -0.130 e. The molecule has 0 rings (SSSR count). The molecule has 0 aliphatic heterocycles. The number of hydrogen-bond acceptors (Lipinski definition) is 0. The lowest BCUT2D eigenvalue weighted by atomic mass is 9.88. The molecular weight excluding hydrogens is 175 g/mol. The Morgan fingerprint density at radius 3 is 1.92 bits per heavy atom. The van der Waals surface area contributed by atoms with E-state index >= 15 is 0 Å². The monoisotopic (exact) mass is 202 g/mol. The predicted molar refractivity (Wildman–Crippen MR) is 68.3 cm³/mol. The lowest BCUT2D eigenvalue weighted by molar-refractivity contribution is 0.382. The standard InChI is InChI=1S/C10H21P.C2H6/c1-6-8(4)9(5)10(11)7(2)3;1-2/h8-10H,2,6,11H2,1,3-5H3;1-2H3. The van der Waals surface area contributed by atoms with Gasteiger partial charge in [-0.15, -0.1) is 9.24 Å². The lowest BCUT2D eigenvalue weighted by Crippen LogP contribution is -2.18. The average molecular weight is 202 g/mol. The van der Waals surface area contributed by atoms with Gasteiger partial charge in [0.1, 0.15) is 0 Å². The maximum Gasteiger partial charge on any atom is -0.00330 e. The smallest absolute Gasteiger partial charge is 0.00330 e. The Morgan fingerprint density at radius 1 is 1.31 bits per heavy atom. The van der Waals surface area contributed by atoms with Gasteiger partial charge in [-0.25, -0.2) is 0 Å². The summed E-state index contributed by atoms with van der Waals surface area (Å²) in [5.41, 5.74) is 1.87. The van der Waals surface area contributed by atoms with Crippen molar-refractivity contribution in [3.8, 4) is 0 Å². The van der Waals surface area contributed by atoms with Gasteiger partial charge in [0.25, 0.3) is 0 Å². The van der Waals surface area contributed by atoms with E-state index in [2.05, 4.69) is 43.5 Å². The second-order valence-corrected chi connectivity index (χ2v) is 4.34. The maximum absolute atomic E-state index is 3.97. The molecule has 0 aliphatic carbocycles. The molecule has 0 aliphatic rings. The highest BCUT2D eigenvalue weighted by Crippen LogP contribution is 2.27. The first-order valence-corrected chi connectivity index (χ1v) is 6.08. The predicted octanol–water partition coefficient (Wildman–Crippen LogP) is 4.51. The summed E-state index contributed by atoms with van der Waals surface area (Å²) in [4.78, 5) is 0. The van der Waals surface area contributed by atoms with Crippen LogP contribution in [-0.2, 0) is 0 Å². The summed E-state index contributed by atoms with van der Waals surface area (Å²) in [6.07, 6.45) is 1.26. The van der Waals surface area contributed by atoms with Crippen molar-refractivity contribution in [2.24, 2.45) is 11.8 Å². The van der Waals surface area contributed by atoms with Gasteiger partial charge in [0.2, 0.25) is 0 Å². The van der Waals surface area contributed by atoms with E-state index in [1.807, 2.05) is 13.8 Å². The molecule has 0 aromatic rings. The first-order chi connectivity index (χ1) is 6.00. The molecule has 80 valence electrons. The van der Waals surface area contributed by atoms with Crippen LogP contribution in [0.1, 0.15) is 48.0 Å². The zero-order chi connectivity index (χ0) is 11.0. The molecule has 0 nitrogen and oxygen atoms in total. The van der Waals surface area contributed by atoms with Gasteiger partial charge in [0.05, 0.1) is 0 Å². The van der Waals surface area contributed by atoms with Crippen molar-refractivity contribution in [3.63, 3.8) is 0 Å². The maximum atomic E-state index is 3.97. The Bertz CT molecular complexity index is 129. The molecular formula is C12H27P. The third-order valence-electron chi connectivity index (χ3n) is 2.68. The molecule has 0 aromatic carbocycles. The Labute approximate surface area is 87.4 Å². The molecule has 4 atom stereocenters. The molecule has 13 heavy (non-hydrogen) atoms. The minimum absolute atomic E-state index is 0.588. The molecule has 0 N–H and O–H groups in total. The zero-order valence-corrected chi connectivity index (χ0v) is 11.4. The van der Waals surface area contributed by atoms with Gasteiger partial charge in [-0.2, -0.15) is 0 Å². The van der Waals surface area contributed by atoms with Crippen LogP contribution in [0.3, 0.4) is 0 Å². The topological polar surface area (TPSA) is 0 Å². The fourth-order valence-electron chi connectivity index (χ4n) is 1.17. The zero-order valence-electron chi connectivity index (χ0n) is 10.2. The fraction of sp³-hybridized carbons (Fsp3) is 0.833. The Morgan fingerprint density at radius 2 is 1.69 bits per heavy atom. The highest BCUT2D eigenvalue weighted by Gasteiger charge is 2.17.